The van der Waals surface area contributed by atoms with E-state index in [1.165, 1.54) is 6.07 Å². The summed E-state index contributed by atoms with van der Waals surface area (Å²) in [6.45, 7) is 1.93. The van der Waals surface area contributed by atoms with Crippen LogP contribution >= 0.6 is 15.9 Å². The summed E-state index contributed by atoms with van der Waals surface area (Å²) in [7, 11) is 0. The molecule has 0 aliphatic rings. The summed E-state index contributed by atoms with van der Waals surface area (Å²) in [5.74, 6) is -0.845. The van der Waals surface area contributed by atoms with E-state index in [9.17, 15) is 9.18 Å². The van der Waals surface area contributed by atoms with Crippen molar-refractivity contribution in [2.24, 2.45) is 0 Å². The molecule has 0 bridgehead atoms. The molecule has 2 nitrogen and oxygen atoms in total. The van der Waals surface area contributed by atoms with Gasteiger partial charge in [-0.05, 0) is 46.6 Å². The minimum atomic E-state index is -0.521. The normalized spacial score (nSPS) is 10.9. The van der Waals surface area contributed by atoms with E-state index >= 15 is 0 Å². The van der Waals surface area contributed by atoms with Gasteiger partial charge < -0.3 is 4.98 Å². The van der Waals surface area contributed by atoms with Gasteiger partial charge in [-0.3, -0.25) is 4.79 Å². The predicted molar refractivity (Wildman–Crippen MR) is 80.6 cm³/mol. The molecule has 0 atom stereocenters. The quantitative estimate of drug-likeness (QED) is 0.683. The maximum atomic E-state index is 13.9. The lowest BCUT2D eigenvalue weighted by Gasteiger charge is -2.05. The summed E-state index contributed by atoms with van der Waals surface area (Å²) in [5, 5.41) is 0.840. The number of nitrogens with one attached hydrogen (secondary N) is 1. The highest BCUT2D eigenvalue weighted by Crippen LogP contribution is 2.28. The van der Waals surface area contributed by atoms with Gasteiger partial charge in [0, 0.05) is 27.1 Å². The molecule has 1 N–H and O–H groups in total. The number of rotatable bonds is 2. The van der Waals surface area contributed by atoms with Crippen molar-refractivity contribution in [3.05, 3.63) is 69.6 Å². The van der Waals surface area contributed by atoms with E-state index in [2.05, 4.69) is 20.9 Å². The molecule has 1 aromatic heterocycles. The third kappa shape index (κ3) is 1.96. The number of carbonyl (C=O) groups excluding carboxylic acids is 1. The highest BCUT2D eigenvalue weighted by Gasteiger charge is 2.20. The van der Waals surface area contributed by atoms with Gasteiger partial charge in [-0.1, -0.05) is 18.2 Å². The molecular formula is C16H11BrFNO. The van der Waals surface area contributed by atoms with Crippen LogP contribution in [0.5, 0.6) is 0 Å². The molecule has 3 rings (SSSR count). The molecule has 20 heavy (non-hydrogen) atoms. The third-order valence-corrected chi connectivity index (χ3v) is 4.01. The van der Waals surface area contributed by atoms with Gasteiger partial charge in [-0.2, -0.15) is 0 Å². The van der Waals surface area contributed by atoms with Crippen LogP contribution in [-0.4, -0.2) is 10.8 Å². The Morgan fingerprint density at radius 2 is 1.95 bits per heavy atom. The van der Waals surface area contributed by atoms with Crippen LogP contribution in [-0.2, 0) is 0 Å². The molecule has 0 aliphatic heterocycles. The van der Waals surface area contributed by atoms with E-state index in [0.29, 0.717) is 10.0 Å². The number of carbonyl (C=O) groups is 1. The largest absolute Gasteiger partial charge is 0.360 e. The number of halogens is 2. The van der Waals surface area contributed by atoms with Gasteiger partial charge in [0.1, 0.15) is 5.82 Å². The summed E-state index contributed by atoms with van der Waals surface area (Å²) in [4.78, 5) is 15.7. The van der Waals surface area contributed by atoms with Crippen LogP contribution in [0.3, 0.4) is 0 Å². The van der Waals surface area contributed by atoms with Crippen molar-refractivity contribution >= 4 is 32.6 Å². The van der Waals surface area contributed by atoms with Crippen molar-refractivity contribution < 1.29 is 9.18 Å². The highest BCUT2D eigenvalue weighted by molar-refractivity contribution is 9.10. The van der Waals surface area contributed by atoms with Gasteiger partial charge in [-0.15, -0.1) is 0 Å². The second-order valence-electron chi connectivity index (χ2n) is 4.63. The minimum absolute atomic E-state index is 0.0663. The van der Waals surface area contributed by atoms with Gasteiger partial charge in [0.2, 0.25) is 0 Å². The Labute approximate surface area is 123 Å². The number of aryl methyl sites for hydroxylation is 1. The van der Waals surface area contributed by atoms with E-state index in [0.717, 1.165) is 16.5 Å². The molecule has 1 heterocycles. The van der Waals surface area contributed by atoms with E-state index < -0.39 is 5.82 Å². The first-order chi connectivity index (χ1) is 9.59. The van der Waals surface area contributed by atoms with Crippen LogP contribution in [0, 0.1) is 12.7 Å². The number of fused-ring (bicyclic) bond motifs is 1. The van der Waals surface area contributed by atoms with Crippen molar-refractivity contribution in [1.82, 2.24) is 4.98 Å². The number of hydrogen-bond donors (Lipinski definition) is 1. The third-order valence-electron chi connectivity index (χ3n) is 3.35. The molecule has 0 amide bonds. The van der Waals surface area contributed by atoms with Crippen molar-refractivity contribution in [2.75, 3.05) is 0 Å². The standard InChI is InChI=1S/C16H11BrFNO/c1-9-4-2-7-13-14(9)10(8-19-13)16(20)15-11(17)5-3-6-12(15)18/h2-8,19H,1H3. The molecule has 0 radical (unpaired) electrons. The summed E-state index contributed by atoms with van der Waals surface area (Å²) < 4.78 is 14.4. The van der Waals surface area contributed by atoms with Crippen molar-refractivity contribution in [3.8, 4) is 0 Å². The van der Waals surface area contributed by atoms with E-state index in [1.807, 2.05) is 25.1 Å². The molecule has 3 aromatic rings. The first kappa shape index (κ1) is 13.1. The van der Waals surface area contributed by atoms with Crippen LogP contribution < -0.4 is 0 Å². The van der Waals surface area contributed by atoms with Crippen LogP contribution in [0.1, 0.15) is 21.5 Å². The first-order valence-corrected chi connectivity index (χ1v) is 6.94. The summed E-state index contributed by atoms with van der Waals surface area (Å²) in [5.41, 5.74) is 2.42. The summed E-state index contributed by atoms with van der Waals surface area (Å²) in [6.07, 6.45) is 1.64. The average Bonchev–Trinajstić information content (AvgIpc) is 2.83. The second kappa shape index (κ2) is 4.87. The van der Waals surface area contributed by atoms with Gasteiger partial charge in [0.05, 0.1) is 5.56 Å². The zero-order valence-electron chi connectivity index (χ0n) is 10.7. The lowest BCUT2D eigenvalue weighted by Crippen LogP contribution is -2.05. The van der Waals surface area contributed by atoms with Crippen LogP contribution in [0.2, 0.25) is 0 Å². The van der Waals surface area contributed by atoms with Gasteiger partial charge in [0.15, 0.2) is 5.78 Å². The number of hydrogen-bond acceptors (Lipinski definition) is 1. The fraction of sp³-hybridized carbons (Fsp3) is 0.0625. The molecule has 100 valence electrons. The van der Waals surface area contributed by atoms with Gasteiger partial charge >= 0.3 is 0 Å². The number of aromatic amines is 1. The van der Waals surface area contributed by atoms with E-state index in [4.69, 9.17) is 0 Å². The Hall–Kier alpha value is -1.94. The van der Waals surface area contributed by atoms with Crippen molar-refractivity contribution in [3.63, 3.8) is 0 Å². The molecule has 0 saturated heterocycles. The monoisotopic (exact) mass is 331 g/mol. The lowest BCUT2D eigenvalue weighted by molar-refractivity contribution is 0.103. The summed E-state index contributed by atoms with van der Waals surface area (Å²) >= 11 is 3.24. The van der Waals surface area contributed by atoms with Crippen molar-refractivity contribution in [1.29, 1.82) is 0 Å². The molecule has 0 fully saturated rings. The van der Waals surface area contributed by atoms with Crippen LogP contribution in [0.25, 0.3) is 10.9 Å². The van der Waals surface area contributed by atoms with Crippen molar-refractivity contribution in [2.45, 2.75) is 6.92 Å². The topological polar surface area (TPSA) is 32.9 Å². The molecule has 2 aromatic carbocycles. The Kier molecular flexibility index (Phi) is 3.18. The number of aromatic nitrogens is 1. The summed E-state index contributed by atoms with van der Waals surface area (Å²) in [6, 6.07) is 10.3. The SMILES string of the molecule is Cc1cccc2[nH]cc(C(=O)c3c(F)cccc3Br)c12. The lowest BCUT2D eigenvalue weighted by atomic mass is 10.00. The van der Waals surface area contributed by atoms with E-state index in [1.54, 1.807) is 18.3 Å². The maximum Gasteiger partial charge on any atom is 0.199 e. The highest BCUT2D eigenvalue weighted by atomic mass is 79.9. The molecule has 4 heteroatoms. The van der Waals surface area contributed by atoms with Crippen LogP contribution in [0.4, 0.5) is 4.39 Å². The fourth-order valence-corrected chi connectivity index (χ4v) is 2.92. The van der Waals surface area contributed by atoms with E-state index in [-0.39, 0.29) is 11.3 Å². The Balaban J connectivity index is 2.24. The molecular weight excluding hydrogens is 321 g/mol. The number of ketones is 1. The first-order valence-electron chi connectivity index (χ1n) is 6.15. The molecule has 0 aliphatic carbocycles. The van der Waals surface area contributed by atoms with Gasteiger partial charge in [0.25, 0.3) is 0 Å². The molecule has 0 unspecified atom stereocenters. The number of H-pyrrole nitrogens is 1. The maximum absolute atomic E-state index is 13.9. The zero-order valence-corrected chi connectivity index (χ0v) is 12.3. The Bertz CT molecular complexity index is 802. The fourth-order valence-electron chi connectivity index (χ4n) is 2.40. The second-order valence-corrected chi connectivity index (χ2v) is 5.48. The zero-order chi connectivity index (χ0) is 14.3. The Morgan fingerprint density at radius 3 is 2.70 bits per heavy atom. The molecule has 0 saturated carbocycles. The predicted octanol–water partition coefficient (Wildman–Crippen LogP) is 4.61. The smallest absolute Gasteiger partial charge is 0.199 e. The minimum Gasteiger partial charge on any atom is -0.360 e. The average molecular weight is 332 g/mol. The van der Waals surface area contributed by atoms with Crippen LogP contribution in [0.15, 0.2) is 47.1 Å². The molecule has 0 spiro atoms. The van der Waals surface area contributed by atoms with Gasteiger partial charge in [-0.25, -0.2) is 4.39 Å². The number of benzene rings is 2. The Morgan fingerprint density at radius 1 is 1.20 bits per heavy atom.